The molecule has 0 spiro atoms. The van der Waals surface area contributed by atoms with E-state index >= 15 is 0 Å². The third-order valence-corrected chi connectivity index (χ3v) is 14.2. The molecule has 0 unspecified atom stereocenters. The number of hydrogen-bond donors (Lipinski definition) is 0. The van der Waals surface area contributed by atoms with Crippen molar-refractivity contribution in [1.29, 1.82) is 0 Å². The van der Waals surface area contributed by atoms with Crippen LogP contribution in [0.4, 0.5) is 17.1 Å². The standard InChI is InChI=1S/C53H39BN2/c1-30-25-40-36-17-12-18-37-49-33-14-7-6-13-31(33)21-24-46(49)56(51(36)37)54-45-29-44-39(35-16-9-11-20-42(35)53(44,4)5)28-47(45)55(48(26-30)50(40)54)32-22-23-43-38(27-32)34-15-8-10-19-41(34)52(43,2)3/h6-29H,1-5H3. The molecule has 13 rings (SSSR count). The fraction of sp³-hybridized carbons (Fsp3) is 0.132. The minimum Gasteiger partial charge on any atom is -0.375 e. The first-order chi connectivity index (χ1) is 27.2. The van der Waals surface area contributed by atoms with Crippen molar-refractivity contribution in [3.63, 3.8) is 0 Å². The van der Waals surface area contributed by atoms with Crippen molar-refractivity contribution in [3.05, 3.63) is 173 Å². The predicted molar refractivity (Wildman–Crippen MR) is 237 cm³/mol. The summed E-state index contributed by atoms with van der Waals surface area (Å²) in [7, 11) is 0. The molecule has 2 aliphatic carbocycles. The molecule has 0 atom stereocenters. The zero-order valence-electron chi connectivity index (χ0n) is 32.3. The Hall–Kier alpha value is -6.32. The quantitative estimate of drug-likeness (QED) is 0.154. The summed E-state index contributed by atoms with van der Waals surface area (Å²) >= 11 is 0. The van der Waals surface area contributed by atoms with E-state index in [1.54, 1.807) is 0 Å². The largest absolute Gasteiger partial charge is 0.375 e. The molecular weight excluding hydrogens is 675 g/mol. The summed E-state index contributed by atoms with van der Waals surface area (Å²) < 4.78 is 2.72. The first kappa shape index (κ1) is 30.9. The number of aryl methyl sites for hydroxylation is 1. The van der Waals surface area contributed by atoms with Crippen LogP contribution in [-0.2, 0) is 10.8 Å². The lowest BCUT2D eigenvalue weighted by molar-refractivity contribution is 0.660. The summed E-state index contributed by atoms with van der Waals surface area (Å²) in [5.74, 6) is 0. The molecule has 4 aliphatic rings. The van der Waals surface area contributed by atoms with E-state index in [4.69, 9.17) is 0 Å². The van der Waals surface area contributed by atoms with Crippen molar-refractivity contribution in [1.82, 2.24) is 4.48 Å². The molecule has 0 N–H and O–H groups in total. The van der Waals surface area contributed by atoms with Crippen LogP contribution in [0.15, 0.2) is 146 Å². The first-order valence-corrected chi connectivity index (χ1v) is 20.1. The van der Waals surface area contributed by atoms with Crippen LogP contribution in [0.1, 0.15) is 55.5 Å². The Balaban J connectivity index is 1.18. The van der Waals surface area contributed by atoms with Gasteiger partial charge in [0.15, 0.2) is 0 Å². The van der Waals surface area contributed by atoms with Gasteiger partial charge in [-0.3, -0.25) is 0 Å². The number of aromatic nitrogens is 1. The molecule has 2 aliphatic heterocycles. The minimum atomic E-state index is -0.123. The minimum absolute atomic E-state index is 0.00168. The molecule has 3 heteroatoms. The fourth-order valence-electron chi connectivity index (χ4n) is 11.7. The average molecular weight is 715 g/mol. The number of hydrogen-bond acceptors (Lipinski definition) is 1. The summed E-state index contributed by atoms with van der Waals surface area (Å²) in [5, 5.41) is 5.29. The Morgan fingerprint density at radius 1 is 0.482 bits per heavy atom. The third-order valence-electron chi connectivity index (χ3n) is 14.2. The Bertz CT molecular complexity index is 3290. The van der Waals surface area contributed by atoms with E-state index in [0.717, 1.165) is 0 Å². The van der Waals surface area contributed by atoms with Crippen LogP contribution < -0.4 is 15.8 Å². The van der Waals surface area contributed by atoms with Crippen molar-refractivity contribution >= 4 is 67.4 Å². The van der Waals surface area contributed by atoms with Crippen molar-refractivity contribution in [2.75, 3.05) is 4.90 Å². The summed E-state index contributed by atoms with van der Waals surface area (Å²) in [6.45, 7) is 11.9. The molecule has 9 aromatic rings. The molecule has 0 radical (unpaired) electrons. The molecule has 8 aromatic carbocycles. The van der Waals surface area contributed by atoms with Gasteiger partial charge in [-0.25, -0.2) is 0 Å². The summed E-state index contributed by atoms with van der Waals surface area (Å²) in [6.07, 6.45) is 0. The molecule has 0 bridgehead atoms. The lowest BCUT2D eigenvalue weighted by atomic mass is 9.44. The van der Waals surface area contributed by atoms with E-state index in [9.17, 15) is 0 Å². The van der Waals surface area contributed by atoms with Crippen molar-refractivity contribution in [2.45, 2.75) is 45.4 Å². The number of para-hydroxylation sites is 1. The van der Waals surface area contributed by atoms with Crippen LogP contribution in [0, 0.1) is 6.92 Å². The Morgan fingerprint density at radius 2 is 1.14 bits per heavy atom. The zero-order valence-corrected chi connectivity index (χ0v) is 32.3. The summed E-state index contributed by atoms with van der Waals surface area (Å²) in [5.41, 5.74) is 23.9. The normalized spacial score (nSPS) is 15.8. The van der Waals surface area contributed by atoms with Gasteiger partial charge in [-0.15, -0.1) is 0 Å². The topological polar surface area (TPSA) is 8.17 Å². The first-order valence-electron chi connectivity index (χ1n) is 20.1. The second kappa shape index (κ2) is 10.1. The molecule has 56 heavy (non-hydrogen) atoms. The molecule has 0 saturated heterocycles. The van der Waals surface area contributed by atoms with E-state index in [-0.39, 0.29) is 17.7 Å². The van der Waals surface area contributed by atoms with Crippen molar-refractivity contribution in [3.8, 4) is 33.4 Å². The summed E-state index contributed by atoms with van der Waals surface area (Å²) in [4.78, 5) is 2.62. The highest BCUT2D eigenvalue weighted by Crippen LogP contribution is 2.54. The van der Waals surface area contributed by atoms with Gasteiger partial charge in [0.05, 0.1) is 0 Å². The second-order valence-corrected chi connectivity index (χ2v) is 17.8. The maximum Gasteiger partial charge on any atom is 0.333 e. The van der Waals surface area contributed by atoms with Crippen LogP contribution in [0.25, 0.3) is 66.0 Å². The molecule has 2 nitrogen and oxygen atoms in total. The number of fused-ring (bicyclic) bond motifs is 15. The van der Waals surface area contributed by atoms with Gasteiger partial charge in [-0.2, -0.15) is 0 Å². The highest BCUT2D eigenvalue weighted by molar-refractivity contribution is 6.90. The summed E-state index contributed by atoms with van der Waals surface area (Å²) in [6, 6.07) is 56.1. The Morgan fingerprint density at radius 3 is 1.95 bits per heavy atom. The Kier molecular flexibility index (Phi) is 5.58. The van der Waals surface area contributed by atoms with Gasteiger partial charge in [0, 0.05) is 55.3 Å². The van der Waals surface area contributed by atoms with Crippen molar-refractivity contribution in [2.24, 2.45) is 0 Å². The van der Waals surface area contributed by atoms with Gasteiger partial charge in [0.2, 0.25) is 0 Å². The van der Waals surface area contributed by atoms with Gasteiger partial charge in [0.25, 0.3) is 0 Å². The highest BCUT2D eigenvalue weighted by atomic mass is 15.2. The second-order valence-electron chi connectivity index (χ2n) is 17.8. The highest BCUT2D eigenvalue weighted by Gasteiger charge is 2.46. The van der Waals surface area contributed by atoms with Crippen LogP contribution in [-0.4, -0.2) is 11.3 Å². The van der Waals surface area contributed by atoms with Gasteiger partial charge >= 0.3 is 6.85 Å². The molecule has 264 valence electrons. The van der Waals surface area contributed by atoms with Gasteiger partial charge < -0.3 is 9.38 Å². The van der Waals surface area contributed by atoms with Crippen LogP contribution >= 0.6 is 0 Å². The molecule has 0 amide bonds. The molecule has 0 fully saturated rings. The van der Waals surface area contributed by atoms with Gasteiger partial charge in [-0.05, 0) is 115 Å². The smallest absolute Gasteiger partial charge is 0.333 e. The van der Waals surface area contributed by atoms with E-state index in [0.29, 0.717) is 0 Å². The van der Waals surface area contributed by atoms with E-state index in [1.165, 1.54) is 122 Å². The zero-order chi connectivity index (χ0) is 37.4. The SMILES string of the molecule is Cc1cc2c3c(c1)N(c1ccc4c(c1)-c1ccccc1C4(C)C)c1cc4c(cc1B3n1c3ccc5ccccc5c3c3cccc-2c31)C(C)(C)c1ccccc1-4. The van der Waals surface area contributed by atoms with Gasteiger partial charge in [-0.1, -0.05) is 143 Å². The molecule has 3 heterocycles. The third kappa shape index (κ3) is 3.57. The molecular formula is C53H39BN2. The van der Waals surface area contributed by atoms with Crippen LogP contribution in [0.2, 0.25) is 0 Å². The van der Waals surface area contributed by atoms with E-state index in [2.05, 4.69) is 190 Å². The van der Waals surface area contributed by atoms with E-state index in [1.807, 2.05) is 0 Å². The Labute approximate surface area is 327 Å². The number of benzene rings is 8. The maximum absolute atomic E-state index is 2.72. The molecule has 0 saturated carbocycles. The fourth-order valence-corrected chi connectivity index (χ4v) is 11.7. The average Bonchev–Trinajstić information content (AvgIpc) is 3.76. The lowest BCUT2D eigenvalue weighted by Gasteiger charge is -2.41. The van der Waals surface area contributed by atoms with Crippen LogP contribution in [0.3, 0.4) is 0 Å². The van der Waals surface area contributed by atoms with Crippen molar-refractivity contribution < 1.29 is 0 Å². The molecule has 1 aromatic heterocycles. The van der Waals surface area contributed by atoms with Crippen LogP contribution in [0.5, 0.6) is 0 Å². The monoisotopic (exact) mass is 714 g/mol. The number of nitrogens with zero attached hydrogens (tertiary/aromatic N) is 2. The number of anilines is 3. The number of rotatable bonds is 1. The van der Waals surface area contributed by atoms with Gasteiger partial charge in [0.1, 0.15) is 0 Å². The van der Waals surface area contributed by atoms with E-state index < -0.39 is 0 Å². The lowest BCUT2D eigenvalue weighted by Crippen LogP contribution is -2.57. The maximum atomic E-state index is 2.72. The predicted octanol–water partition coefficient (Wildman–Crippen LogP) is 12.3.